The van der Waals surface area contributed by atoms with Gasteiger partial charge in [-0.2, -0.15) is 0 Å². The number of hydrogen-bond acceptors (Lipinski definition) is 4. The minimum absolute atomic E-state index is 0.582. The van der Waals surface area contributed by atoms with Crippen LogP contribution in [-0.4, -0.2) is 21.9 Å². The topological polar surface area (TPSA) is 39.9 Å². The number of ether oxygens (including phenoxy) is 1. The van der Waals surface area contributed by atoms with E-state index in [-0.39, 0.29) is 0 Å². The molecule has 0 atom stereocenters. The van der Waals surface area contributed by atoms with Crippen LogP contribution >= 0.6 is 35.0 Å². The van der Waals surface area contributed by atoms with Gasteiger partial charge in [-0.05, 0) is 29.8 Å². The van der Waals surface area contributed by atoms with Crippen LogP contribution in [0.5, 0.6) is 5.75 Å². The lowest BCUT2D eigenvalue weighted by molar-refractivity contribution is 0.416. The summed E-state index contributed by atoms with van der Waals surface area (Å²) < 4.78 is 7.45. The molecule has 2 aromatic carbocycles. The van der Waals surface area contributed by atoms with Crippen molar-refractivity contribution < 1.29 is 4.74 Å². The van der Waals surface area contributed by atoms with E-state index >= 15 is 0 Å². The van der Waals surface area contributed by atoms with Gasteiger partial charge in [-0.3, -0.25) is 4.57 Å². The second kappa shape index (κ2) is 8.62. The van der Waals surface area contributed by atoms with E-state index in [1.54, 1.807) is 7.11 Å². The van der Waals surface area contributed by atoms with Gasteiger partial charge in [-0.25, -0.2) is 0 Å². The molecule has 0 saturated heterocycles. The molecule has 0 fully saturated rings. The Kier molecular flexibility index (Phi) is 6.25. The predicted octanol–water partition coefficient (Wildman–Crippen LogP) is 5.74. The molecular weight excluding hydrogens is 389 g/mol. The standard InChI is InChI=1S/C19H17Cl2N3OS/c1-3-11-24-18(13-7-4-5-10-17(13)25-2)22-23-19(24)26-12-14-15(20)8-6-9-16(14)21/h3-10H,1,11-12H2,2H3. The van der Waals surface area contributed by atoms with Crippen LogP contribution in [-0.2, 0) is 12.3 Å². The molecule has 0 amide bonds. The van der Waals surface area contributed by atoms with Gasteiger partial charge in [0.25, 0.3) is 0 Å². The SMILES string of the molecule is C=CCn1c(SCc2c(Cl)cccc2Cl)nnc1-c1ccccc1OC. The smallest absolute Gasteiger partial charge is 0.192 e. The summed E-state index contributed by atoms with van der Waals surface area (Å²) in [4.78, 5) is 0. The van der Waals surface area contributed by atoms with E-state index in [4.69, 9.17) is 27.9 Å². The molecule has 0 spiro atoms. The molecule has 134 valence electrons. The molecule has 1 aromatic heterocycles. The first-order chi connectivity index (χ1) is 12.7. The van der Waals surface area contributed by atoms with Crippen molar-refractivity contribution >= 4 is 35.0 Å². The fourth-order valence-corrected chi connectivity index (χ4v) is 4.21. The third kappa shape index (κ3) is 3.90. The van der Waals surface area contributed by atoms with Crippen LogP contribution in [0.2, 0.25) is 10.0 Å². The summed E-state index contributed by atoms with van der Waals surface area (Å²) in [5, 5.41) is 10.8. The number of rotatable bonds is 7. The molecule has 3 rings (SSSR count). The van der Waals surface area contributed by atoms with E-state index in [9.17, 15) is 0 Å². The summed E-state index contributed by atoms with van der Waals surface area (Å²) >= 11 is 14.1. The molecule has 0 radical (unpaired) electrons. The zero-order chi connectivity index (χ0) is 18.5. The van der Waals surface area contributed by atoms with Crippen molar-refractivity contribution in [3.8, 4) is 17.1 Å². The molecular formula is C19H17Cl2N3OS. The van der Waals surface area contributed by atoms with Crippen molar-refractivity contribution in [2.75, 3.05) is 7.11 Å². The Morgan fingerprint density at radius 2 is 1.85 bits per heavy atom. The van der Waals surface area contributed by atoms with Gasteiger partial charge in [-0.15, -0.1) is 16.8 Å². The lowest BCUT2D eigenvalue weighted by Crippen LogP contribution is -2.02. The summed E-state index contributed by atoms with van der Waals surface area (Å²) in [5.41, 5.74) is 1.76. The molecule has 7 heteroatoms. The Balaban J connectivity index is 1.94. The van der Waals surface area contributed by atoms with Crippen molar-refractivity contribution in [3.63, 3.8) is 0 Å². The molecule has 0 bridgehead atoms. The van der Waals surface area contributed by atoms with Crippen molar-refractivity contribution in [3.05, 3.63) is 70.7 Å². The molecule has 0 N–H and O–H groups in total. The molecule has 4 nitrogen and oxygen atoms in total. The lowest BCUT2D eigenvalue weighted by Gasteiger charge is -2.11. The molecule has 0 unspecified atom stereocenters. The van der Waals surface area contributed by atoms with Gasteiger partial charge in [-0.1, -0.05) is 59.2 Å². The maximum Gasteiger partial charge on any atom is 0.192 e. The van der Waals surface area contributed by atoms with Crippen LogP contribution in [0.3, 0.4) is 0 Å². The lowest BCUT2D eigenvalue weighted by atomic mass is 10.2. The van der Waals surface area contributed by atoms with E-state index < -0.39 is 0 Å². The first-order valence-corrected chi connectivity index (χ1v) is 9.63. The number of allylic oxidation sites excluding steroid dienone is 1. The van der Waals surface area contributed by atoms with Gasteiger partial charge in [0.2, 0.25) is 0 Å². The minimum atomic E-state index is 0.582. The molecule has 3 aromatic rings. The zero-order valence-electron chi connectivity index (χ0n) is 14.2. The highest BCUT2D eigenvalue weighted by Gasteiger charge is 2.17. The Hall–Kier alpha value is -1.95. The Morgan fingerprint density at radius 3 is 2.54 bits per heavy atom. The van der Waals surface area contributed by atoms with Crippen molar-refractivity contribution in [2.45, 2.75) is 17.5 Å². The summed E-state index contributed by atoms with van der Waals surface area (Å²) in [6.45, 7) is 4.42. The van der Waals surface area contributed by atoms with Crippen LogP contribution in [0.4, 0.5) is 0 Å². The second-order valence-corrected chi connectivity index (χ2v) is 7.15. The zero-order valence-corrected chi connectivity index (χ0v) is 16.5. The second-order valence-electron chi connectivity index (χ2n) is 5.39. The third-order valence-corrected chi connectivity index (χ3v) is 5.49. The fraction of sp³-hybridized carbons (Fsp3) is 0.158. The Labute approximate surface area is 166 Å². The van der Waals surface area contributed by atoms with Gasteiger partial charge < -0.3 is 4.74 Å². The highest BCUT2D eigenvalue weighted by atomic mass is 35.5. The van der Waals surface area contributed by atoms with E-state index in [1.807, 2.05) is 53.1 Å². The maximum atomic E-state index is 6.26. The van der Waals surface area contributed by atoms with Crippen LogP contribution in [0, 0.1) is 0 Å². The first kappa shape index (κ1) is 18.8. The quantitative estimate of drug-likeness (QED) is 0.371. The number of halogens is 2. The van der Waals surface area contributed by atoms with Crippen LogP contribution in [0.1, 0.15) is 5.56 Å². The van der Waals surface area contributed by atoms with E-state index in [1.165, 1.54) is 11.8 Å². The van der Waals surface area contributed by atoms with E-state index in [0.717, 1.165) is 27.9 Å². The number of nitrogens with zero attached hydrogens (tertiary/aromatic N) is 3. The molecule has 0 saturated carbocycles. The fourth-order valence-electron chi connectivity index (χ4n) is 2.52. The van der Waals surface area contributed by atoms with E-state index in [0.29, 0.717) is 22.3 Å². The average molecular weight is 406 g/mol. The number of hydrogen-bond donors (Lipinski definition) is 0. The highest BCUT2D eigenvalue weighted by Crippen LogP contribution is 2.34. The Bertz CT molecular complexity index is 907. The monoisotopic (exact) mass is 405 g/mol. The summed E-state index contributed by atoms with van der Waals surface area (Å²) in [6, 6.07) is 13.2. The van der Waals surface area contributed by atoms with Gasteiger partial charge >= 0.3 is 0 Å². The van der Waals surface area contributed by atoms with Gasteiger partial charge in [0.1, 0.15) is 5.75 Å². The summed E-state index contributed by atoms with van der Waals surface area (Å²) in [5.74, 6) is 2.07. The molecule has 0 aliphatic heterocycles. The molecule has 0 aliphatic carbocycles. The number of benzene rings is 2. The summed E-state index contributed by atoms with van der Waals surface area (Å²) in [6.07, 6.45) is 1.81. The number of thioether (sulfide) groups is 1. The number of aromatic nitrogens is 3. The minimum Gasteiger partial charge on any atom is -0.496 e. The predicted molar refractivity (Wildman–Crippen MR) is 108 cm³/mol. The number of methoxy groups -OCH3 is 1. The van der Waals surface area contributed by atoms with Crippen molar-refractivity contribution in [2.24, 2.45) is 0 Å². The van der Waals surface area contributed by atoms with E-state index in [2.05, 4.69) is 16.8 Å². The van der Waals surface area contributed by atoms with Crippen molar-refractivity contribution in [1.29, 1.82) is 0 Å². The molecule has 1 heterocycles. The van der Waals surface area contributed by atoms with Gasteiger partial charge in [0, 0.05) is 22.3 Å². The molecule has 0 aliphatic rings. The van der Waals surface area contributed by atoms with Crippen LogP contribution in [0.15, 0.2) is 60.3 Å². The van der Waals surface area contributed by atoms with Crippen LogP contribution < -0.4 is 4.74 Å². The maximum absolute atomic E-state index is 6.26. The third-order valence-electron chi connectivity index (χ3n) is 3.78. The van der Waals surface area contributed by atoms with Gasteiger partial charge in [0.15, 0.2) is 11.0 Å². The van der Waals surface area contributed by atoms with Crippen molar-refractivity contribution in [1.82, 2.24) is 14.8 Å². The molecule has 26 heavy (non-hydrogen) atoms. The number of para-hydroxylation sites is 1. The largest absolute Gasteiger partial charge is 0.496 e. The Morgan fingerprint density at radius 1 is 1.12 bits per heavy atom. The summed E-state index contributed by atoms with van der Waals surface area (Å²) in [7, 11) is 1.64. The normalized spacial score (nSPS) is 10.7. The van der Waals surface area contributed by atoms with Gasteiger partial charge in [0.05, 0.1) is 12.7 Å². The average Bonchev–Trinajstić information content (AvgIpc) is 3.04. The van der Waals surface area contributed by atoms with Crippen LogP contribution in [0.25, 0.3) is 11.4 Å². The first-order valence-electron chi connectivity index (χ1n) is 7.89. The highest BCUT2D eigenvalue weighted by molar-refractivity contribution is 7.98.